The van der Waals surface area contributed by atoms with Crippen LogP contribution < -0.4 is 10.6 Å². The van der Waals surface area contributed by atoms with Crippen LogP contribution in [0.4, 0.5) is 20.2 Å². The van der Waals surface area contributed by atoms with Crippen molar-refractivity contribution in [2.75, 3.05) is 30.3 Å². The number of allylic oxidation sites excluding steroid dienone is 2. The molecule has 3 aromatic carbocycles. The fraction of sp³-hybridized carbons (Fsp3) is 0.220. The summed E-state index contributed by atoms with van der Waals surface area (Å²) in [6.45, 7) is 4.69. The van der Waals surface area contributed by atoms with Crippen LogP contribution in [0.15, 0.2) is 90.4 Å². The van der Waals surface area contributed by atoms with E-state index in [9.17, 15) is 43.7 Å². The van der Waals surface area contributed by atoms with E-state index in [1.807, 2.05) is 30.3 Å². The van der Waals surface area contributed by atoms with Crippen LogP contribution in [0, 0.1) is 34.3 Å². The van der Waals surface area contributed by atoms with E-state index in [0.717, 1.165) is 23.3 Å². The molecule has 0 bridgehead atoms. The number of hydrogen-bond donors (Lipinski definition) is 4. The number of anilines is 2. The van der Waals surface area contributed by atoms with Crippen molar-refractivity contribution in [3.05, 3.63) is 124 Å². The molecular formula is C50H41F2N9O6. The van der Waals surface area contributed by atoms with Crippen molar-refractivity contribution in [3.8, 4) is 23.3 Å². The van der Waals surface area contributed by atoms with Gasteiger partial charge in [0.2, 0.25) is 11.8 Å². The Balaban J connectivity index is 0.997. The smallest absolute Gasteiger partial charge is 0.295 e. The predicted molar refractivity (Wildman–Crippen MR) is 245 cm³/mol. The highest BCUT2D eigenvalue weighted by molar-refractivity contribution is 6.46. The summed E-state index contributed by atoms with van der Waals surface area (Å²) in [5.74, 6) is -6.05. The lowest BCUT2D eigenvalue weighted by atomic mass is 9.90. The molecule has 2 fully saturated rings. The number of nitriles is 2. The van der Waals surface area contributed by atoms with Gasteiger partial charge >= 0.3 is 0 Å². The maximum absolute atomic E-state index is 16.3. The van der Waals surface area contributed by atoms with E-state index in [4.69, 9.17) is 0 Å². The SMILES string of the molecule is CC(=O)Nc1ccc(F)c2c(C(=O)C(=O)N3CCC(=C(C#N)c4ccc(-c5cc(F)c6c(C(=O)C(=O)N7CC/C(=C(\C#N)c8ccccc8)CC7C)c[nH]c6c5NC(C)=O)cn4)CC3)c[nH]c12. The van der Waals surface area contributed by atoms with E-state index in [1.165, 1.54) is 48.3 Å². The van der Waals surface area contributed by atoms with Gasteiger partial charge in [0.05, 0.1) is 56.4 Å². The topological polar surface area (TPSA) is 225 Å². The number of hydrogen-bond acceptors (Lipinski definition) is 9. The number of carbonyl (C=O) groups excluding carboxylic acids is 6. The van der Waals surface area contributed by atoms with Crippen molar-refractivity contribution < 1.29 is 37.5 Å². The van der Waals surface area contributed by atoms with Gasteiger partial charge in [0.1, 0.15) is 17.7 Å². The second-order valence-electron chi connectivity index (χ2n) is 16.4. The number of fused-ring (bicyclic) bond motifs is 2. The molecule has 15 nitrogen and oxygen atoms in total. The lowest BCUT2D eigenvalue weighted by molar-refractivity contribution is -0.129. The third-order valence-corrected chi connectivity index (χ3v) is 12.2. The number of H-pyrrole nitrogens is 2. The van der Waals surface area contributed by atoms with Gasteiger partial charge in [-0.05, 0) is 73.6 Å². The molecule has 1 atom stereocenters. The molecule has 2 aliphatic rings. The van der Waals surface area contributed by atoms with Crippen molar-refractivity contribution in [2.45, 2.75) is 52.5 Å². The van der Waals surface area contributed by atoms with Crippen LogP contribution in [0.25, 0.3) is 44.1 Å². The Morgan fingerprint density at radius 1 is 0.731 bits per heavy atom. The number of aromatic amines is 2. The number of Topliss-reactive ketones (excluding diaryl/α,β-unsaturated/α-hetero) is 2. The summed E-state index contributed by atoms with van der Waals surface area (Å²) >= 11 is 0. The highest BCUT2D eigenvalue weighted by Crippen LogP contribution is 2.39. The molecule has 8 rings (SSSR count). The molecule has 1 unspecified atom stereocenters. The molecule has 67 heavy (non-hydrogen) atoms. The average Bonchev–Trinajstić information content (AvgIpc) is 3.99. The van der Waals surface area contributed by atoms with Crippen LogP contribution in [-0.4, -0.2) is 85.6 Å². The maximum atomic E-state index is 16.3. The molecule has 4 amide bonds. The Bertz CT molecular complexity index is 3220. The fourth-order valence-electron chi connectivity index (χ4n) is 8.95. The van der Waals surface area contributed by atoms with Gasteiger partial charge in [-0.15, -0.1) is 0 Å². The van der Waals surface area contributed by atoms with Crippen molar-refractivity contribution in [2.24, 2.45) is 0 Å². The Hall–Kier alpha value is -8.57. The number of carbonyl (C=O) groups is 6. The first kappa shape index (κ1) is 45.0. The summed E-state index contributed by atoms with van der Waals surface area (Å²) in [6, 6.07) is 20.0. The quantitative estimate of drug-likeness (QED) is 0.0629. The van der Waals surface area contributed by atoms with Crippen LogP contribution in [0.3, 0.4) is 0 Å². The number of halogens is 2. The number of nitrogens with zero attached hydrogens (tertiary/aromatic N) is 5. The van der Waals surface area contributed by atoms with Crippen molar-refractivity contribution in [3.63, 3.8) is 0 Å². The first-order valence-electron chi connectivity index (χ1n) is 21.3. The van der Waals surface area contributed by atoms with Crippen LogP contribution >= 0.6 is 0 Å². The number of benzene rings is 3. The zero-order chi connectivity index (χ0) is 47.7. The normalized spacial score (nSPS) is 15.7. The molecule has 0 spiro atoms. The van der Waals surface area contributed by atoms with Crippen molar-refractivity contribution >= 4 is 79.5 Å². The second-order valence-corrected chi connectivity index (χ2v) is 16.4. The van der Waals surface area contributed by atoms with Crippen LogP contribution in [0.1, 0.15) is 78.4 Å². The number of nitrogens with one attached hydrogen (secondary N) is 4. The number of rotatable bonds is 9. The van der Waals surface area contributed by atoms with Crippen molar-refractivity contribution in [1.82, 2.24) is 24.8 Å². The zero-order valence-electron chi connectivity index (χ0n) is 36.5. The highest BCUT2D eigenvalue weighted by atomic mass is 19.1. The number of aromatic nitrogens is 3. The van der Waals surface area contributed by atoms with Crippen molar-refractivity contribution in [1.29, 1.82) is 10.5 Å². The Morgan fingerprint density at radius 2 is 1.36 bits per heavy atom. The molecule has 0 radical (unpaired) electrons. The minimum Gasteiger partial charge on any atom is -0.359 e. The zero-order valence-corrected chi connectivity index (χ0v) is 36.5. The molecule has 0 saturated carbocycles. The van der Waals surface area contributed by atoms with Gasteiger partial charge < -0.3 is 30.4 Å². The van der Waals surface area contributed by atoms with Gasteiger partial charge in [0.25, 0.3) is 23.4 Å². The van der Waals surface area contributed by atoms with E-state index >= 15 is 4.39 Å². The molecule has 3 aromatic heterocycles. The summed E-state index contributed by atoms with van der Waals surface area (Å²) in [4.78, 5) is 91.5. The number of likely N-dealkylation sites (tertiary alicyclic amines) is 2. The van der Waals surface area contributed by atoms with E-state index in [2.05, 4.69) is 37.7 Å². The minimum absolute atomic E-state index is 0.0630. The molecular weight excluding hydrogens is 861 g/mol. The van der Waals surface area contributed by atoms with Gasteiger partial charge in [0.15, 0.2) is 0 Å². The second kappa shape index (κ2) is 18.5. The monoisotopic (exact) mass is 901 g/mol. The number of amides is 4. The summed E-state index contributed by atoms with van der Waals surface area (Å²) in [5, 5.41) is 25.2. The lowest BCUT2D eigenvalue weighted by Crippen LogP contribution is -2.46. The largest absolute Gasteiger partial charge is 0.359 e. The van der Waals surface area contributed by atoms with Crippen LogP contribution in [-0.2, 0) is 19.2 Å². The highest BCUT2D eigenvalue weighted by Gasteiger charge is 2.35. The number of ketones is 2. The third kappa shape index (κ3) is 8.58. The molecule has 2 aliphatic heterocycles. The first-order chi connectivity index (χ1) is 32.2. The maximum Gasteiger partial charge on any atom is 0.295 e. The first-order valence-corrected chi connectivity index (χ1v) is 21.3. The van der Waals surface area contributed by atoms with Gasteiger partial charge in [-0.25, -0.2) is 8.78 Å². The van der Waals surface area contributed by atoms with Gasteiger partial charge in [-0.1, -0.05) is 36.4 Å². The summed E-state index contributed by atoms with van der Waals surface area (Å²) < 4.78 is 31.2. The lowest BCUT2D eigenvalue weighted by Gasteiger charge is -2.34. The summed E-state index contributed by atoms with van der Waals surface area (Å²) in [6.07, 6.45) is 5.09. The average molecular weight is 902 g/mol. The Labute approximate surface area is 381 Å². The Kier molecular flexibility index (Phi) is 12.4. The molecule has 17 heteroatoms. The van der Waals surface area contributed by atoms with Crippen LogP contribution in [0.2, 0.25) is 0 Å². The van der Waals surface area contributed by atoms with E-state index in [-0.39, 0.29) is 93.6 Å². The molecule has 5 heterocycles. The predicted octanol–water partition coefficient (Wildman–Crippen LogP) is 7.86. The number of piperidine rings is 2. The van der Waals surface area contributed by atoms with E-state index in [0.29, 0.717) is 29.6 Å². The van der Waals surface area contributed by atoms with Crippen LogP contribution in [0.5, 0.6) is 0 Å². The molecule has 336 valence electrons. The Morgan fingerprint density at radius 3 is 1.97 bits per heavy atom. The fourth-order valence-corrected chi connectivity index (χ4v) is 8.95. The van der Waals surface area contributed by atoms with Gasteiger partial charge in [-0.2, -0.15) is 10.5 Å². The minimum atomic E-state index is -0.942. The molecule has 6 aromatic rings. The standard InChI is InChI=1S/C50H41F2N9O6/c1-26-19-31(34(21-53)29-7-5-4-6-8-29)15-18-61(26)50(67)48(65)37-25-57-46-43(37)39(52)20-33(44(46)59-28(3)63)32-9-11-40(55-23-32)35(22-54)30-13-16-60(17-14-30)49(66)47(64)36-24-56-45-41(58-27(2)62)12-10-38(51)42(36)45/h4-12,20,23-26,56-57H,13-19H2,1-3H3,(H,58,62)(H,59,63)/b34-31-. The molecule has 2 saturated heterocycles. The summed E-state index contributed by atoms with van der Waals surface area (Å²) in [7, 11) is 0. The van der Waals surface area contributed by atoms with E-state index < -0.39 is 52.9 Å². The molecule has 0 aliphatic carbocycles. The van der Waals surface area contributed by atoms with E-state index in [1.54, 1.807) is 19.1 Å². The third-order valence-electron chi connectivity index (χ3n) is 12.2. The number of pyridine rings is 1. The summed E-state index contributed by atoms with van der Waals surface area (Å²) in [5.41, 5.74) is 4.14. The van der Waals surface area contributed by atoms with Gasteiger partial charge in [0, 0.05) is 80.0 Å². The molecule has 4 N–H and O–H groups in total. The van der Waals surface area contributed by atoms with Gasteiger partial charge in [-0.3, -0.25) is 33.8 Å².